The zero-order valence-corrected chi connectivity index (χ0v) is 17.4. The second-order valence-electron chi connectivity index (χ2n) is 8.39. The molecular formula is C23H20N6O3. The number of carbonyl (C=O) groups excluding carboxylic acids is 2. The number of amides is 2. The third-order valence-corrected chi connectivity index (χ3v) is 6.27. The SMILES string of the molecule is Cc1ccc(-c2noc(CN3N=N[C@H]4C(=O)N(c5ccc6c(c5)CCC6)C(=O)[C@H]43)n2)cc1. The average Bonchev–Trinajstić information content (AvgIpc) is 3.56. The summed E-state index contributed by atoms with van der Waals surface area (Å²) in [7, 11) is 0. The summed E-state index contributed by atoms with van der Waals surface area (Å²) in [6.45, 7) is 2.10. The third-order valence-electron chi connectivity index (χ3n) is 6.27. The van der Waals surface area contributed by atoms with Gasteiger partial charge >= 0.3 is 0 Å². The molecule has 32 heavy (non-hydrogen) atoms. The fourth-order valence-electron chi connectivity index (χ4n) is 4.58. The van der Waals surface area contributed by atoms with E-state index in [1.165, 1.54) is 21.0 Å². The molecule has 1 saturated heterocycles. The van der Waals surface area contributed by atoms with Gasteiger partial charge in [0.2, 0.25) is 11.7 Å². The Morgan fingerprint density at radius 2 is 1.84 bits per heavy atom. The maximum Gasteiger partial charge on any atom is 0.263 e. The minimum absolute atomic E-state index is 0.0978. The van der Waals surface area contributed by atoms with E-state index in [-0.39, 0.29) is 18.4 Å². The molecule has 1 aliphatic carbocycles. The van der Waals surface area contributed by atoms with Gasteiger partial charge in [-0.3, -0.25) is 14.6 Å². The molecule has 160 valence electrons. The normalized spacial score (nSPS) is 21.5. The minimum atomic E-state index is -0.852. The number of nitrogens with zero attached hydrogens (tertiary/aromatic N) is 6. The molecule has 3 aliphatic rings. The number of hydrogen-bond donors (Lipinski definition) is 0. The van der Waals surface area contributed by atoms with Gasteiger partial charge in [-0.15, -0.1) is 0 Å². The van der Waals surface area contributed by atoms with Crippen LogP contribution in [0.15, 0.2) is 57.3 Å². The van der Waals surface area contributed by atoms with Crippen LogP contribution in [0.3, 0.4) is 0 Å². The third kappa shape index (κ3) is 2.92. The number of carbonyl (C=O) groups is 2. The van der Waals surface area contributed by atoms with Crippen molar-refractivity contribution in [3.8, 4) is 11.4 Å². The van der Waals surface area contributed by atoms with Crippen molar-refractivity contribution in [3.05, 3.63) is 65.0 Å². The van der Waals surface area contributed by atoms with Crippen molar-refractivity contribution >= 4 is 17.5 Å². The molecule has 6 rings (SSSR count). The number of anilines is 1. The Kier molecular flexibility index (Phi) is 4.17. The van der Waals surface area contributed by atoms with E-state index in [4.69, 9.17) is 4.52 Å². The highest BCUT2D eigenvalue weighted by Crippen LogP contribution is 2.35. The second kappa shape index (κ2) is 7.08. The monoisotopic (exact) mass is 428 g/mol. The molecular weight excluding hydrogens is 408 g/mol. The van der Waals surface area contributed by atoms with Crippen LogP contribution in [0.2, 0.25) is 0 Å². The van der Waals surface area contributed by atoms with Crippen LogP contribution in [0.4, 0.5) is 5.69 Å². The Balaban J connectivity index is 1.23. The number of rotatable bonds is 4. The predicted molar refractivity (Wildman–Crippen MR) is 113 cm³/mol. The van der Waals surface area contributed by atoms with Crippen LogP contribution in [-0.2, 0) is 29.0 Å². The summed E-state index contributed by atoms with van der Waals surface area (Å²) in [6.07, 6.45) is 3.11. The van der Waals surface area contributed by atoms with Crippen molar-refractivity contribution < 1.29 is 14.1 Å². The Hall–Kier alpha value is -3.88. The highest BCUT2D eigenvalue weighted by molar-refractivity contribution is 6.25. The second-order valence-corrected chi connectivity index (χ2v) is 8.39. The summed E-state index contributed by atoms with van der Waals surface area (Å²) in [4.78, 5) is 31.9. The largest absolute Gasteiger partial charge is 0.337 e. The van der Waals surface area contributed by atoms with E-state index in [1.807, 2.05) is 49.4 Å². The van der Waals surface area contributed by atoms with Crippen LogP contribution >= 0.6 is 0 Å². The molecule has 0 N–H and O–H groups in total. The van der Waals surface area contributed by atoms with Gasteiger partial charge < -0.3 is 4.52 Å². The zero-order chi connectivity index (χ0) is 21.8. The number of imide groups is 1. The van der Waals surface area contributed by atoms with E-state index in [1.54, 1.807) is 0 Å². The van der Waals surface area contributed by atoms with Crippen molar-refractivity contribution in [2.45, 2.75) is 44.8 Å². The lowest BCUT2D eigenvalue weighted by molar-refractivity contribution is -0.123. The number of aromatic nitrogens is 2. The summed E-state index contributed by atoms with van der Waals surface area (Å²) in [5.41, 5.74) is 5.06. The topological polar surface area (TPSA) is 104 Å². The molecule has 1 fully saturated rings. The lowest BCUT2D eigenvalue weighted by atomic mass is 10.1. The van der Waals surface area contributed by atoms with Crippen LogP contribution in [0, 0.1) is 6.92 Å². The van der Waals surface area contributed by atoms with Crippen LogP contribution in [0.25, 0.3) is 11.4 Å². The van der Waals surface area contributed by atoms with Crippen molar-refractivity contribution in [1.82, 2.24) is 15.1 Å². The molecule has 2 aromatic carbocycles. The Labute approximate surface area is 183 Å². The van der Waals surface area contributed by atoms with Crippen molar-refractivity contribution in [1.29, 1.82) is 0 Å². The van der Waals surface area contributed by atoms with E-state index in [0.717, 1.165) is 30.4 Å². The molecule has 0 saturated carbocycles. The molecule has 9 nitrogen and oxygen atoms in total. The molecule has 0 radical (unpaired) electrons. The van der Waals surface area contributed by atoms with Gasteiger partial charge in [0.1, 0.15) is 6.54 Å². The van der Waals surface area contributed by atoms with Gasteiger partial charge in [-0.1, -0.05) is 46.3 Å². The van der Waals surface area contributed by atoms with E-state index < -0.39 is 12.1 Å². The molecule has 9 heteroatoms. The summed E-state index contributed by atoms with van der Waals surface area (Å²) in [6, 6.07) is 11.9. The van der Waals surface area contributed by atoms with Gasteiger partial charge in [0.15, 0.2) is 12.1 Å². The maximum absolute atomic E-state index is 13.2. The van der Waals surface area contributed by atoms with Crippen LogP contribution in [0.5, 0.6) is 0 Å². The van der Waals surface area contributed by atoms with Crippen molar-refractivity contribution in [2.24, 2.45) is 10.3 Å². The summed E-state index contributed by atoms with van der Waals surface area (Å²) >= 11 is 0. The molecule has 0 spiro atoms. The molecule has 2 amide bonds. The van der Waals surface area contributed by atoms with Gasteiger partial charge in [-0.2, -0.15) is 10.1 Å². The van der Waals surface area contributed by atoms with Gasteiger partial charge in [0.25, 0.3) is 11.8 Å². The minimum Gasteiger partial charge on any atom is -0.337 e. The fraction of sp³-hybridized carbons (Fsp3) is 0.304. The summed E-state index contributed by atoms with van der Waals surface area (Å²) in [5, 5.41) is 13.6. The lowest BCUT2D eigenvalue weighted by Gasteiger charge is -2.19. The summed E-state index contributed by atoms with van der Waals surface area (Å²) in [5.74, 6) is 0.0778. The Morgan fingerprint density at radius 3 is 2.69 bits per heavy atom. The molecule has 2 aliphatic heterocycles. The molecule has 3 aromatic rings. The van der Waals surface area contributed by atoms with Gasteiger partial charge in [-0.05, 0) is 49.4 Å². The Bertz CT molecular complexity index is 1260. The first-order valence-electron chi connectivity index (χ1n) is 10.6. The number of aryl methyl sites for hydroxylation is 3. The summed E-state index contributed by atoms with van der Waals surface area (Å²) < 4.78 is 5.37. The Morgan fingerprint density at radius 1 is 1.03 bits per heavy atom. The van der Waals surface area contributed by atoms with E-state index >= 15 is 0 Å². The molecule has 0 bridgehead atoms. The number of hydrogen-bond acceptors (Lipinski definition) is 8. The fourth-order valence-corrected chi connectivity index (χ4v) is 4.58. The standard InChI is InChI=1S/C23H20N6O3/c1-13-5-7-15(8-6-13)21-24-18(32-26-21)12-28-20-19(25-27-28)22(30)29(23(20)31)17-10-9-14-3-2-4-16(14)11-17/h5-11,19-20H,2-4,12H2,1H3/t19-,20+/m1/s1. The van der Waals surface area contributed by atoms with E-state index in [0.29, 0.717) is 17.4 Å². The van der Waals surface area contributed by atoms with Crippen molar-refractivity contribution in [3.63, 3.8) is 0 Å². The molecule has 0 unspecified atom stereocenters. The first-order chi connectivity index (χ1) is 15.6. The van der Waals surface area contributed by atoms with Gasteiger partial charge in [-0.25, -0.2) is 4.90 Å². The predicted octanol–water partition coefficient (Wildman–Crippen LogP) is 3.03. The lowest BCUT2D eigenvalue weighted by Crippen LogP contribution is -2.39. The molecule has 1 aromatic heterocycles. The smallest absolute Gasteiger partial charge is 0.263 e. The molecule has 3 heterocycles. The van der Waals surface area contributed by atoms with Crippen molar-refractivity contribution in [2.75, 3.05) is 4.90 Å². The van der Waals surface area contributed by atoms with Gasteiger partial charge in [0.05, 0.1) is 5.69 Å². The van der Waals surface area contributed by atoms with Crippen LogP contribution < -0.4 is 4.90 Å². The number of fused-ring (bicyclic) bond motifs is 2. The van der Waals surface area contributed by atoms with E-state index in [2.05, 4.69) is 20.5 Å². The average molecular weight is 428 g/mol. The number of benzene rings is 2. The zero-order valence-electron chi connectivity index (χ0n) is 17.4. The van der Waals surface area contributed by atoms with Gasteiger partial charge in [0, 0.05) is 5.56 Å². The first kappa shape index (κ1) is 18.9. The van der Waals surface area contributed by atoms with Crippen LogP contribution in [-0.4, -0.2) is 39.0 Å². The highest BCUT2D eigenvalue weighted by Gasteiger charge is 2.55. The maximum atomic E-state index is 13.2. The van der Waals surface area contributed by atoms with E-state index in [9.17, 15) is 9.59 Å². The quantitative estimate of drug-likeness (QED) is 0.592. The first-order valence-corrected chi connectivity index (χ1v) is 10.6. The molecule has 2 atom stereocenters. The highest BCUT2D eigenvalue weighted by atomic mass is 16.5. The van der Waals surface area contributed by atoms with Crippen LogP contribution in [0.1, 0.15) is 29.0 Å².